The normalized spacial score (nSPS) is 18.4. The van der Waals surface area contributed by atoms with Crippen molar-refractivity contribution in [3.63, 3.8) is 0 Å². The first-order chi connectivity index (χ1) is 10.0. The molecule has 1 amide bonds. The van der Waals surface area contributed by atoms with E-state index in [4.69, 9.17) is 4.74 Å². The third kappa shape index (κ3) is 3.63. The summed E-state index contributed by atoms with van der Waals surface area (Å²) in [5.41, 5.74) is 1.40. The first-order valence-corrected chi connectivity index (χ1v) is 7.50. The lowest BCUT2D eigenvalue weighted by Crippen LogP contribution is -2.42. The predicted molar refractivity (Wildman–Crippen MR) is 81.7 cm³/mol. The van der Waals surface area contributed by atoms with Gasteiger partial charge in [0.2, 0.25) is 5.91 Å². The summed E-state index contributed by atoms with van der Waals surface area (Å²) in [6.07, 6.45) is 3.61. The van der Waals surface area contributed by atoms with Crippen molar-refractivity contribution in [2.45, 2.75) is 45.6 Å². The number of amides is 1. The summed E-state index contributed by atoms with van der Waals surface area (Å²) in [5, 5.41) is 0. The Morgan fingerprint density at radius 3 is 2.71 bits per heavy atom. The van der Waals surface area contributed by atoms with Crippen LogP contribution in [0.2, 0.25) is 0 Å². The first kappa shape index (κ1) is 15.5. The minimum atomic E-state index is -0.00214. The minimum Gasteiger partial charge on any atom is -0.496 e. The molecule has 4 heteroatoms. The zero-order valence-electron chi connectivity index (χ0n) is 13.0. The van der Waals surface area contributed by atoms with Crippen molar-refractivity contribution in [3.05, 3.63) is 29.3 Å². The van der Waals surface area contributed by atoms with E-state index in [-0.39, 0.29) is 18.1 Å². The fourth-order valence-electron chi connectivity index (χ4n) is 2.87. The fraction of sp³-hybridized carbons (Fsp3) is 0.529. The Morgan fingerprint density at radius 2 is 2.10 bits per heavy atom. The van der Waals surface area contributed by atoms with Crippen LogP contribution in [0.5, 0.6) is 5.75 Å². The number of rotatable bonds is 4. The van der Waals surface area contributed by atoms with Crippen LogP contribution in [0.15, 0.2) is 18.2 Å². The average Bonchev–Trinajstić information content (AvgIpc) is 2.47. The van der Waals surface area contributed by atoms with Gasteiger partial charge in [-0.05, 0) is 51.3 Å². The van der Waals surface area contributed by atoms with E-state index in [1.165, 1.54) is 13.3 Å². The van der Waals surface area contributed by atoms with Gasteiger partial charge in [0, 0.05) is 23.7 Å². The van der Waals surface area contributed by atoms with Crippen LogP contribution in [0, 0.1) is 0 Å². The molecule has 21 heavy (non-hydrogen) atoms. The maximum Gasteiger partial charge on any atom is 0.227 e. The number of piperidine rings is 1. The van der Waals surface area contributed by atoms with Crippen molar-refractivity contribution in [2.75, 3.05) is 13.7 Å². The number of ketones is 1. The molecule has 1 heterocycles. The molecule has 114 valence electrons. The van der Waals surface area contributed by atoms with Gasteiger partial charge >= 0.3 is 0 Å². The highest BCUT2D eigenvalue weighted by molar-refractivity contribution is 5.94. The van der Waals surface area contributed by atoms with E-state index in [1.807, 2.05) is 4.90 Å². The van der Waals surface area contributed by atoms with Crippen LogP contribution in [0.25, 0.3) is 0 Å². The third-order valence-corrected chi connectivity index (χ3v) is 4.15. The van der Waals surface area contributed by atoms with Gasteiger partial charge in [0.1, 0.15) is 5.75 Å². The summed E-state index contributed by atoms with van der Waals surface area (Å²) >= 11 is 0. The molecular formula is C17H23NO3. The van der Waals surface area contributed by atoms with Gasteiger partial charge in [-0.15, -0.1) is 0 Å². The van der Waals surface area contributed by atoms with Gasteiger partial charge in [0.15, 0.2) is 5.78 Å². The second-order valence-electron chi connectivity index (χ2n) is 5.69. The summed E-state index contributed by atoms with van der Waals surface area (Å²) in [5.74, 6) is 0.775. The SMILES string of the molecule is COc1ccc(C(C)=O)cc1CC(=O)N1CCCCC1C. The number of hydrogen-bond acceptors (Lipinski definition) is 3. The van der Waals surface area contributed by atoms with Crippen molar-refractivity contribution >= 4 is 11.7 Å². The molecular weight excluding hydrogens is 266 g/mol. The Hall–Kier alpha value is -1.84. The largest absolute Gasteiger partial charge is 0.496 e. The quantitative estimate of drug-likeness (QED) is 0.801. The number of carbonyl (C=O) groups excluding carboxylic acids is 2. The van der Waals surface area contributed by atoms with Crippen LogP contribution in [0.4, 0.5) is 0 Å². The third-order valence-electron chi connectivity index (χ3n) is 4.15. The summed E-state index contributed by atoms with van der Waals surface area (Å²) in [4.78, 5) is 26.0. The number of Topliss-reactive ketones (excluding diaryl/α,β-unsaturated/α-hetero) is 1. The Labute approximate surface area is 126 Å². The number of benzene rings is 1. The monoisotopic (exact) mass is 289 g/mol. The fourth-order valence-corrected chi connectivity index (χ4v) is 2.87. The van der Waals surface area contributed by atoms with Crippen LogP contribution in [0.3, 0.4) is 0 Å². The van der Waals surface area contributed by atoms with E-state index in [0.717, 1.165) is 24.9 Å². The molecule has 0 bridgehead atoms. The van der Waals surface area contributed by atoms with Crippen molar-refractivity contribution in [2.24, 2.45) is 0 Å². The maximum atomic E-state index is 12.5. The number of ether oxygens (including phenoxy) is 1. The maximum absolute atomic E-state index is 12.5. The Balaban J connectivity index is 2.19. The minimum absolute atomic E-state index is 0.00214. The number of carbonyl (C=O) groups is 2. The van der Waals surface area contributed by atoms with E-state index in [1.54, 1.807) is 25.3 Å². The van der Waals surface area contributed by atoms with Gasteiger partial charge in [0.25, 0.3) is 0 Å². The summed E-state index contributed by atoms with van der Waals surface area (Å²) in [6.45, 7) is 4.45. The number of methoxy groups -OCH3 is 1. The molecule has 0 aromatic heterocycles. The van der Waals surface area contributed by atoms with Crippen LogP contribution < -0.4 is 4.74 Å². The van der Waals surface area contributed by atoms with E-state index in [9.17, 15) is 9.59 Å². The highest BCUT2D eigenvalue weighted by atomic mass is 16.5. The number of hydrogen-bond donors (Lipinski definition) is 0. The second-order valence-corrected chi connectivity index (χ2v) is 5.69. The average molecular weight is 289 g/mol. The molecule has 0 spiro atoms. The molecule has 1 atom stereocenters. The molecule has 1 aromatic rings. The Morgan fingerprint density at radius 1 is 1.33 bits per heavy atom. The lowest BCUT2D eigenvalue weighted by atomic mass is 10.0. The van der Waals surface area contributed by atoms with Crippen LogP contribution in [-0.2, 0) is 11.2 Å². The topological polar surface area (TPSA) is 46.6 Å². The van der Waals surface area contributed by atoms with E-state index < -0.39 is 0 Å². The predicted octanol–water partition coefficient (Wildman–Crippen LogP) is 2.84. The van der Waals surface area contributed by atoms with Gasteiger partial charge in [-0.1, -0.05) is 0 Å². The number of nitrogens with zero attached hydrogens (tertiary/aromatic N) is 1. The highest BCUT2D eigenvalue weighted by Crippen LogP contribution is 2.23. The van der Waals surface area contributed by atoms with E-state index in [2.05, 4.69) is 6.92 Å². The van der Waals surface area contributed by atoms with E-state index in [0.29, 0.717) is 17.4 Å². The summed E-state index contributed by atoms with van der Waals surface area (Å²) in [6, 6.07) is 5.57. The molecule has 1 aliphatic heterocycles. The van der Waals surface area contributed by atoms with Gasteiger partial charge in [0.05, 0.1) is 13.5 Å². The molecule has 0 saturated carbocycles. The molecule has 1 aliphatic rings. The highest BCUT2D eigenvalue weighted by Gasteiger charge is 2.24. The van der Waals surface area contributed by atoms with Gasteiger partial charge < -0.3 is 9.64 Å². The molecule has 4 nitrogen and oxygen atoms in total. The Kier molecular flexibility index (Phi) is 4.99. The number of likely N-dealkylation sites (tertiary alicyclic amines) is 1. The molecule has 1 unspecified atom stereocenters. The molecule has 0 radical (unpaired) electrons. The van der Waals surface area contributed by atoms with Crippen molar-refractivity contribution < 1.29 is 14.3 Å². The van der Waals surface area contributed by atoms with Crippen LogP contribution in [-0.4, -0.2) is 36.3 Å². The zero-order chi connectivity index (χ0) is 15.4. The summed E-state index contributed by atoms with van der Waals surface area (Å²) in [7, 11) is 1.58. The molecule has 1 fully saturated rings. The summed E-state index contributed by atoms with van der Waals surface area (Å²) < 4.78 is 5.31. The van der Waals surface area contributed by atoms with Crippen molar-refractivity contribution in [1.29, 1.82) is 0 Å². The van der Waals surface area contributed by atoms with Crippen LogP contribution in [0.1, 0.15) is 49.0 Å². The van der Waals surface area contributed by atoms with E-state index >= 15 is 0 Å². The zero-order valence-corrected chi connectivity index (χ0v) is 13.0. The van der Waals surface area contributed by atoms with Gasteiger partial charge in [-0.25, -0.2) is 0 Å². The molecule has 0 aliphatic carbocycles. The molecule has 1 saturated heterocycles. The lowest BCUT2D eigenvalue weighted by molar-refractivity contribution is -0.133. The Bertz CT molecular complexity index is 539. The van der Waals surface area contributed by atoms with Crippen molar-refractivity contribution in [3.8, 4) is 5.75 Å². The molecule has 2 rings (SSSR count). The standard InChI is InChI=1S/C17H23NO3/c1-12-6-4-5-9-18(12)17(20)11-15-10-14(13(2)19)7-8-16(15)21-3/h7-8,10,12H,4-6,9,11H2,1-3H3. The molecule has 0 N–H and O–H groups in total. The first-order valence-electron chi connectivity index (χ1n) is 7.50. The van der Waals surface area contributed by atoms with Gasteiger partial charge in [-0.3, -0.25) is 9.59 Å². The molecule has 1 aromatic carbocycles. The smallest absolute Gasteiger partial charge is 0.227 e. The lowest BCUT2D eigenvalue weighted by Gasteiger charge is -2.33. The van der Waals surface area contributed by atoms with Crippen molar-refractivity contribution in [1.82, 2.24) is 4.90 Å². The second kappa shape index (κ2) is 6.74. The van der Waals surface area contributed by atoms with Gasteiger partial charge in [-0.2, -0.15) is 0 Å². The van der Waals surface area contributed by atoms with Crippen LogP contribution >= 0.6 is 0 Å².